The van der Waals surface area contributed by atoms with Crippen molar-refractivity contribution in [3.05, 3.63) is 0 Å². The van der Waals surface area contributed by atoms with E-state index in [9.17, 15) is 2.81 Å². The van der Waals surface area contributed by atoms with Crippen LogP contribution in [0.1, 0.15) is 0 Å². The molecule has 0 aromatic rings. The molecule has 0 aliphatic heterocycles. The van der Waals surface area contributed by atoms with Crippen LogP contribution in [0.15, 0.2) is 0 Å². The summed E-state index contributed by atoms with van der Waals surface area (Å²) in [5.41, 5.74) is 0. The van der Waals surface area contributed by atoms with Crippen LogP contribution in [0.3, 0.4) is 0 Å². The molecular weight excluding hydrogens is 205 g/mol. The van der Waals surface area contributed by atoms with Crippen molar-refractivity contribution in [3.8, 4) is 0 Å². The van der Waals surface area contributed by atoms with Crippen molar-refractivity contribution in [1.82, 2.24) is 0 Å². The van der Waals surface area contributed by atoms with Crippen molar-refractivity contribution in [3.63, 3.8) is 0 Å². The molecule has 1 nitrogen and oxygen atoms in total. The second-order valence-corrected chi connectivity index (χ2v) is 6.54. The normalized spacial score (nSPS) is 5.20. The Kier molecular flexibility index (Phi) is 11.5. The van der Waals surface area contributed by atoms with Crippen LogP contribution in [0, 0.1) is 0 Å². The molecule has 0 spiro atoms. The molecule has 0 amide bonds. The van der Waals surface area contributed by atoms with Gasteiger partial charge < -0.3 is 0 Å². The number of hydrogen-bond donors (Lipinski definition) is 0. The summed E-state index contributed by atoms with van der Waals surface area (Å²) in [6.45, 7) is 0. The Hall–Kier alpha value is 1.80. The van der Waals surface area contributed by atoms with Gasteiger partial charge in [0.25, 0.3) is 0 Å². The van der Waals surface area contributed by atoms with Gasteiger partial charge in [-0.05, 0) is 0 Å². The number of halogens is 2. The average molecular weight is 208 g/mol. The minimum atomic E-state index is -2.85. The van der Waals surface area contributed by atoms with Crippen molar-refractivity contribution in [2.75, 3.05) is 0 Å². The zero-order chi connectivity index (χ0) is 3.58. The molecule has 0 aromatic heterocycles. The van der Waals surface area contributed by atoms with Crippen LogP contribution in [0.4, 0.5) is 0 Å². The van der Waals surface area contributed by atoms with Crippen molar-refractivity contribution in [2.24, 2.45) is 0 Å². The molecule has 5 heavy (non-hydrogen) atoms. The first-order chi connectivity index (χ1) is 1.73. The van der Waals surface area contributed by atoms with E-state index in [0.717, 1.165) is 0 Å². The summed E-state index contributed by atoms with van der Waals surface area (Å²) in [7, 11) is 9.36. The van der Waals surface area contributed by atoms with E-state index in [4.69, 9.17) is 0 Å². The van der Waals surface area contributed by atoms with E-state index in [1.54, 1.807) is 0 Å². The van der Waals surface area contributed by atoms with Gasteiger partial charge in [-0.15, -0.1) is 0 Å². The molecule has 5 heteroatoms. The summed E-state index contributed by atoms with van der Waals surface area (Å²) in [5.74, 6) is 0. The van der Waals surface area contributed by atoms with Gasteiger partial charge in [0.2, 0.25) is 0 Å². The molecule has 30 valence electrons. The van der Waals surface area contributed by atoms with Gasteiger partial charge in [0, 0.05) is 0 Å². The summed E-state index contributed by atoms with van der Waals surface area (Å²) >= 11 is -2.85. The van der Waals surface area contributed by atoms with Crippen LogP contribution in [0.5, 0.6) is 0 Å². The van der Waals surface area contributed by atoms with E-state index < -0.39 is 19.4 Å². The van der Waals surface area contributed by atoms with Gasteiger partial charge in [0.05, 0.1) is 0 Å². The third-order valence-electron chi connectivity index (χ3n) is 0. The Morgan fingerprint density at radius 1 is 1.40 bits per heavy atom. The van der Waals surface area contributed by atoms with Gasteiger partial charge in [-0.25, -0.2) is 0 Å². The molecule has 0 radical (unpaired) electrons. The fourth-order valence-electron chi connectivity index (χ4n) is 0. The summed E-state index contributed by atoms with van der Waals surface area (Å²) in [6.07, 6.45) is 0. The van der Waals surface area contributed by atoms with E-state index in [1.165, 1.54) is 0 Å². The molecule has 0 N–H and O–H groups in total. The standard InChI is InChI=1S/Al.2ClH.O.Zr.3H/h;2*1H;;;;;/q;;;;+2;;;/p-2. The van der Waals surface area contributed by atoms with Crippen LogP contribution < -0.4 is 0 Å². The summed E-state index contributed by atoms with van der Waals surface area (Å²) < 4.78 is 9.26. The molecule has 0 saturated carbocycles. The molecule has 0 unspecified atom stereocenters. The summed E-state index contributed by atoms with van der Waals surface area (Å²) in [4.78, 5) is 0. The third-order valence-corrected chi connectivity index (χ3v) is 0. The SMILES string of the molecule is [AlH3].[O]=[Zr]([Cl])[Cl]. The first kappa shape index (κ1) is 9.93. The molecule has 0 bridgehead atoms. The molecule has 0 aromatic carbocycles. The average Bonchev–Trinajstić information content (AvgIpc) is 0.811. The van der Waals surface area contributed by atoms with E-state index in [-0.39, 0.29) is 17.4 Å². The Balaban J connectivity index is 0. The van der Waals surface area contributed by atoms with Gasteiger partial charge in [-0.2, -0.15) is 0 Å². The van der Waals surface area contributed by atoms with Gasteiger partial charge in [0.15, 0.2) is 17.4 Å². The minimum absolute atomic E-state index is 0. The monoisotopic (exact) mass is 206 g/mol. The molecule has 0 aliphatic carbocycles. The molecule has 0 atom stereocenters. The second kappa shape index (κ2) is 5.80. The predicted octanol–water partition coefficient (Wildman–Crippen LogP) is 0.0738. The summed E-state index contributed by atoms with van der Waals surface area (Å²) in [6, 6.07) is 0. The Bertz CT molecular complexity index is 32.6. The Morgan fingerprint density at radius 2 is 1.40 bits per heavy atom. The first-order valence-corrected chi connectivity index (χ1v) is 7.92. The van der Waals surface area contributed by atoms with E-state index in [0.29, 0.717) is 0 Å². The summed E-state index contributed by atoms with van der Waals surface area (Å²) in [5, 5.41) is 0. The molecule has 0 heterocycles. The van der Waals surface area contributed by atoms with Gasteiger partial charge in [-0.1, -0.05) is 0 Å². The molecule has 0 saturated heterocycles. The van der Waals surface area contributed by atoms with Crippen LogP contribution in [0.25, 0.3) is 0 Å². The zero-order valence-electron chi connectivity index (χ0n) is 1.66. The van der Waals surface area contributed by atoms with Crippen LogP contribution >= 0.6 is 17.0 Å². The van der Waals surface area contributed by atoms with Crippen molar-refractivity contribution in [1.29, 1.82) is 0 Å². The fourth-order valence-corrected chi connectivity index (χ4v) is 0. The van der Waals surface area contributed by atoms with Gasteiger partial charge in [0.1, 0.15) is 0 Å². The molecule has 0 fully saturated rings. The first-order valence-electron chi connectivity index (χ1n) is 0.582. The van der Waals surface area contributed by atoms with Crippen molar-refractivity contribution in [2.45, 2.75) is 0 Å². The predicted molar refractivity (Wildman–Crippen MR) is 22.3 cm³/mol. The molecule has 0 aliphatic rings. The third kappa shape index (κ3) is 25.9. The van der Waals surface area contributed by atoms with Gasteiger partial charge >= 0.3 is 39.2 Å². The number of rotatable bonds is 0. The van der Waals surface area contributed by atoms with E-state index in [2.05, 4.69) is 17.0 Å². The Labute approximate surface area is 56.0 Å². The van der Waals surface area contributed by atoms with Crippen molar-refractivity contribution >= 4 is 34.4 Å². The van der Waals surface area contributed by atoms with Gasteiger partial charge in [-0.3, -0.25) is 0 Å². The van der Waals surface area contributed by atoms with Crippen LogP contribution in [-0.2, 0) is 22.2 Å². The quantitative estimate of drug-likeness (QED) is 0.515. The molecule has 0 rings (SSSR count). The Morgan fingerprint density at radius 3 is 1.40 bits per heavy atom. The van der Waals surface area contributed by atoms with Crippen LogP contribution in [-0.4, -0.2) is 17.4 Å². The number of hydrogen-bond acceptors (Lipinski definition) is 1. The van der Waals surface area contributed by atoms with E-state index in [1.807, 2.05) is 0 Å². The maximum absolute atomic E-state index is 9.26. The molecular formula is H3AlCl2OZr. The second-order valence-electron chi connectivity index (χ2n) is 0.226. The zero-order valence-corrected chi connectivity index (χ0v) is 5.63. The van der Waals surface area contributed by atoms with Crippen LogP contribution in [0.2, 0.25) is 0 Å². The topological polar surface area (TPSA) is 17.1 Å². The maximum atomic E-state index is 9.26. The van der Waals surface area contributed by atoms with E-state index >= 15 is 0 Å². The fraction of sp³-hybridized carbons (Fsp3) is 0. The van der Waals surface area contributed by atoms with Crippen molar-refractivity contribution < 1.29 is 22.2 Å².